The summed E-state index contributed by atoms with van der Waals surface area (Å²) in [6.45, 7) is 1.50. The van der Waals surface area contributed by atoms with Gasteiger partial charge in [0.2, 0.25) is 0 Å². The van der Waals surface area contributed by atoms with Gasteiger partial charge in [-0.1, -0.05) is 6.92 Å². The quantitative estimate of drug-likeness (QED) is 0.680. The average Bonchev–Trinajstić information content (AvgIpc) is 3.00. The Kier molecular flexibility index (Phi) is 3.27. The molecule has 0 saturated carbocycles. The molecule has 4 N–H and O–H groups in total. The Morgan fingerprint density at radius 2 is 2.33 bits per heavy atom. The molecule has 1 saturated heterocycles. The number of aliphatic hydroxyl groups is 2. The highest BCUT2D eigenvalue weighted by Gasteiger charge is 2.46. The summed E-state index contributed by atoms with van der Waals surface area (Å²) in [5, 5.41) is 19.8. The van der Waals surface area contributed by atoms with Crippen molar-refractivity contribution >= 4 is 17.0 Å². The highest BCUT2D eigenvalue weighted by Crippen LogP contribution is 2.39. The smallest absolute Gasteiger partial charge is 0.312 e. The lowest BCUT2D eigenvalue weighted by molar-refractivity contribution is -0.0825. The molecule has 8 nitrogen and oxygen atoms in total. The predicted molar refractivity (Wildman–Crippen MR) is 70.5 cm³/mol. The lowest BCUT2D eigenvalue weighted by Crippen LogP contribution is -2.39. The normalized spacial score (nSPS) is 29.3. The minimum Gasteiger partial charge on any atom is -0.394 e. The Labute approximate surface area is 119 Å². The molecule has 1 aliphatic heterocycles. The van der Waals surface area contributed by atoms with E-state index in [-0.39, 0.29) is 30.0 Å². The minimum absolute atomic E-state index is 0.0568. The molecule has 21 heavy (non-hydrogen) atoms. The fourth-order valence-electron chi connectivity index (χ4n) is 2.67. The van der Waals surface area contributed by atoms with E-state index in [1.54, 1.807) is 6.92 Å². The van der Waals surface area contributed by atoms with E-state index in [1.165, 1.54) is 10.9 Å². The van der Waals surface area contributed by atoms with Gasteiger partial charge in [0, 0.05) is 6.42 Å². The van der Waals surface area contributed by atoms with Crippen LogP contribution in [0, 0.1) is 6.08 Å². The van der Waals surface area contributed by atoms with Gasteiger partial charge in [0.15, 0.2) is 17.0 Å². The molecule has 114 valence electrons. The second-order valence-corrected chi connectivity index (χ2v) is 5.13. The van der Waals surface area contributed by atoms with Crippen molar-refractivity contribution in [3.05, 3.63) is 12.4 Å². The van der Waals surface area contributed by atoms with Gasteiger partial charge in [0.05, 0.1) is 18.5 Å². The molecule has 2 aromatic heterocycles. The summed E-state index contributed by atoms with van der Waals surface area (Å²) in [6.07, 6.45) is -0.197. The largest absolute Gasteiger partial charge is 0.394 e. The first kappa shape index (κ1) is 14.1. The van der Waals surface area contributed by atoms with Crippen LogP contribution in [0.5, 0.6) is 0 Å². The van der Waals surface area contributed by atoms with Crippen LogP contribution in [0.3, 0.4) is 0 Å². The van der Waals surface area contributed by atoms with E-state index in [1.807, 2.05) is 0 Å². The number of rotatable bonds is 3. The first-order valence-electron chi connectivity index (χ1n) is 6.62. The molecule has 1 fully saturated rings. The zero-order valence-corrected chi connectivity index (χ0v) is 11.4. The number of hydrogen-bond acceptors (Lipinski definition) is 7. The molecule has 0 radical (unpaired) electrons. The fraction of sp³-hybridized carbons (Fsp3) is 0.583. The van der Waals surface area contributed by atoms with Crippen molar-refractivity contribution in [1.82, 2.24) is 19.5 Å². The van der Waals surface area contributed by atoms with Crippen LogP contribution in [0.4, 0.5) is 10.2 Å². The van der Waals surface area contributed by atoms with Crippen molar-refractivity contribution in [2.45, 2.75) is 37.7 Å². The summed E-state index contributed by atoms with van der Waals surface area (Å²) in [5.74, 6) is -0.0568. The van der Waals surface area contributed by atoms with Gasteiger partial charge in [0.25, 0.3) is 0 Å². The van der Waals surface area contributed by atoms with Crippen LogP contribution < -0.4 is 5.73 Å². The summed E-state index contributed by atoms with van der Waals surface area (Å²) in [6, 6.07) is 0. The molecule has 0 aliphatic carbocycles. The number of aromatic nitrogens is 4. The van der Waals surface area contributed by atoms with Gasteiger partial charge in [0.1, 0.15) is 12.3 Å². The van der Waals surface area contributed by atoms with Gasteiger partial charge in [-0.05, 0) is 6.42 Å². The monoisotopic (exact) mass is 297 g/mol. The molecule has 0 amide bonds. The van der Waals surface area contributed by atoms with E-state index in [9.17, 15) is 14.6 Å². The van der Waals surface area contributed by atoms with Gasteiger partial charge < -0.3 is 20.7 Å². The minimum atomic E-state index is -1.15. The Morgan fingerprint density at radius 3 is 2.95 bits per heavy atom. The molecule has 3 atom stereocenters. The highest BCUT2D eigenvalue weighted by atomic mass is 19.1. The molecular weight excluding hydrogens is 281 g/mol. The topological polar surface area (TPSA) is 119 Å². The van der Waals surface area contributed by atoms with Crippen molar-refractivity contribution in [1.29, 1.82) is 0 Å². The maximum atomic E-state index is 13.3. The van der Waals surface area contributed by atoms with Crippen LogP contribution in [-0.4, -0.2) is 48.0 Å². The number of nitrogens with zero attached hydrogens (tertiary/aromatic N) is 4. The number of ether oxygens (including phenoxy) is 1. The van der Waals surface area contributed by atoms with Crippen LogP contribution in [0.25, 0.3) is 11.2 Å². The Morgan fingerprint density at radius 1 is 1.57 bits per heavy atom. The highest BCUT2D eigenvalue weighted by molar-refractivity contribution is 5.81. The number of nitrogens with two attached hydrogens (primary N) is 1. The number of fused-ring (bicyclic) bond motifs is 1. The van der Waals surface area contributed by atoms with E-state index >= 15 is 0 Å². The summed E-state index contributed by atoms with van der Waals surface area (Å²) in [5.41, 5.74) is 4.93. The average molecular weight is 297 g/mol. The maximum Gasteiger partial charge on any atom is 0.312 e. The number of imidazole rings is 1. The molecule has 3 rings (SSSR count). The summed E-state index contributed by atoms with van der Waals surface area (Å²) in [7, 11) is 0. The third-order valence-electron chi connectivity index (χ3n) is 3.96. The lowest BCUT2D eigenvalue weighted by atomic mass is 9.92. The fourth-order valence-corrected chi connectivity index (χ4v) is 2.67. The zero-order valence-electron chi connectivity index (χ0n) is 11.4. The van der Waals surface area contributed by atoms with E-state index < -0.39 is 24.0 Å². The van der Waals surface area contributed by atoms with Gasteiger partial charge in [-0.3, -0.25) is 4.57 Å². The standard InChI is InChI=1S/C12H16FN5O3/c1-2-12(20)3-7(21-6(12)4-19)18-5-15-8-9(14)16-11(13)17-10(8)18/h5-7,19-20H,2-4H2,1H3,(H2,14,16,17)/t6?,7-,12+/m1/s1. The van der Waals surface area contributed by atoms with Gasteiger partial charge >= 0.3 is 6.08 Å². The molecule has 0 bridgehead atoms. The molecule has 1 aliphatic rings. The number of hydrogen-bond donors (Lipinski definition) is 3. The maximum absolute atomic E-state index is 13.3. The number of aliphatic hydroxyl groups excluding tert-OH is 1. The molecule has 9 heteroatoms. The molecule has 3 heterocycles. The second kappa shape index (κ2) is 4.86. The Bertz CT molecular complexity index is 678. The van der Waals surface area contributed by atoms with Crippen LogP contribution in [-0.2, 0) is 4.74 Å². The number of halogens is 1. The van der Waals surface area contributed by atoms with Crippen LogP contribution in [0.15, 0.2) is 6.33 Å². The second-order valence-electron chi connectivity index (χ2n) is 5.13. The summed E-state index contributed by atoms with van der Waals surface area (Å²) >= 11 is 0. The first-order valence-corrected chi connectivity index (χ1v) is 6.62. The Balaban J connectivity index is 2.02. The van der Waals surface area contributed by atoms with E-state index in [0.717, 1.165) is 0 Å². The van der Waals surface area contributed by atoms with E-state index in [0.29, 0.717) is 6.42 Å². The molecule has 1 unspecified atom stereocenters. The van der Waals surface area contributed by atoms with Crippen molar-refractivity contribution in [2.24, 2.45) is 0 Å². The van der Waals surface area contributed by atoms with E-state index in [2.05, 4.69) is 15.0 Å². The number of anilines is 1. The summed E-state index contributed by atoms with van der Waals surface area (Å²) < 4.78 is 20.5. The lowest BCUT2D eigenvalue weighted by Gasteiger charge is -2.24. The molecular formula is C12H16FN5O3. The SMILES string of the molecule is CC[C@]1(O)C[C@H](n2cnc3c(N)nc(F)nc32)OC1CO. The molecule has 0 spiro atoms. The zero-order chi connectivity index (χ0) is 15.2. The molecule has 0 aromatic carbocycles. The van der Waals surface area contributed by atoms with Gasteiger partial charge in [-0.2, -0.15) is 14.4 Å². The summed E-state index contributed by atoms with van der Waals surface area (Å²) in [4.78, 5) is 11.1. The third kappa shape index (κ3) is 2.13. The third-order valence-corrected chi connectivity index (χ3v) is 3.96. The Hall–Kier alpha value is -1.84. The van der Waals surface area contributed by atoms with Crippen molar-refractivity contribution in [3.63, 3.8) is 0 Å². The van der Waals surface area contributed by atoms with Crippen LogP contribution in [0.1, 0.15) is 26.0 Å². The van der Waals surface area contributed by atoms with Crippen molar-refractivity contribution in [2.75, 3.05) is 12.3 Å². The van der Waals surface area contributed by atoms with Gasteiger partial charge in [-0.25, -0.2) is 4.98 Å². The van der Waals surface area contributed by atoms with Crippen molar-refractivity contribution < 1.29 is 19.3 Å². The first-order chi connectivity index (χ1) is 9.98. The van der Waals surface area contributed by atoms with E-state index in [4.69, 9.17) is 10.5 Å². The van der Waals surface area contributed by atoms with Crippen LogP contribution >= 0.6 is 0 Å². The molecule has 2 aromatic rings. The predicted octanol–water partition coefficient (Wildman–Crippen LogP) is -0.0315. The van der Waals surface area contributed by atoms with Crippen LogP contribution in [0.2, 0.25) is 0 Å². The van der Waals surface area contributed by atoms with Gasteiger partial charge in [-0.15, -0.1) is 0 Å². The van der Waals surface area contributed by atoms with Crippen molar-refractivity contribution in [3.8, 4) is 0 Å². The number of nitrogen functional groups attached to an aromatic ring is 1.